The molecule has 5 nitrogen and oxygen atoms in total. The third kappa shape index (κ3) is 2.20. The molecule has 0 spiro atoms. The highest BCUT2D eigenvalue weighted by Crippen LogP contribution is 2.27. The van der Waals surface area contributed by atoms with Gasteiger partial charge < -0.3 is 10.3 Å². The number of para-hydroxylation sites is 1. The van der Waals surface area contributed by atoms with E-state index in [1.54, 1.807) is 6.33 Å². The highest BCUT2D eigenvalue weighted by Gasteiger charge is 2.22. The molecule has 3 aromatic rings. The molecule has 22 heavy (non-hydrogen) atoms. The second-order valence-electron chi connectivity index (χ2n) is 5.45. The topological polar surface area (TPSA) is 61.0 Å². The predicted molar refractivity (Wildman–Crippen MR) is 87.2 cm³/mol. The molecule has 0 radical (unpaired) electrons. The van der Waals surface area contributed by atoms with Crippen molar-refractivity contribution in [2.45, 2.75) is 12.8 Å². The number of aryl methyl sites for hydroxylation is 1. The average Bonchev–Trinajstić information content (AvgIpc) is 3.02. The van der Waals surface area contributed by atoms with Crippen molar-refractivity contribution < 1.29 is 4.79 Å². The number of hydrogen-bond donors (Lipinski definition) is 2. The summed E-state index contributed by atoms with van der Waals surface area (Å²) in [6, 6.07) is 13.7. The normalized spacial score (nSPS) is 13.9. The lowest BCUT2D eigenvalue weighted by Gasteiger charge is -2.29. The van der Waals surface area contributed by atoms with Crippen LogP contribution in [0, 0.1) is 0 Å². The molecule has 2 amide bonds. The second-order valence-corrected chi connectivity index (χ2v) is 5.45. The summed E-state index contributed by atoms with van der Waals surface area (Å²) >= 11 is 0. The van der Waals surface area contributed by atoms with Gasteiger partial charge in [0.1, 0.15) is 0 Å². The van der Waals surface area contributed by atoms with Crippen molar-refractivity contribution in [3.8, 4) is 0 Å². The van der Waals surface area contributed by atoms with Gasteiger partial charge in [0.05, 0.1) is 17.4 Å². The fourth-order valence-electron chi connectivity index (χ4n) is 2.95. The third-order valence-corrected chi connectivity index (χ3v) is 4.03. The van der Waals surface area contributed by atoms with Gasteiger partial charge in [-0.2, -0.15) is 0 Å². The van der Waals surface area contributed by atoms with Crippen LogP contribution < -0.4 is 10.2 Å². The third-order valence-electron chi connectivity index (χ3n) is 4.03. The molecule has 0 unspecified atom stereocenters. The van der Waals surface area contributed by atoms with E-state index in [9.17, 15) is 4.79 Å². The smallest absolute Gasteiger partial charge is 0.326 e. The van der Waals surface area contributed by atoms with E-state index in [1.807, 2.05) is 41.3 Å². The Bertz CT molecular complexity index is 839. The second kappa shape index (κ2) is 5.18. The minimum absolute atomic E-state index is 0.0917. The number of carbonyl (C=O) groups is 1. The first-order valence-corrected chi connectivity index (χ1v) is 7.41. The van der Waals surface area contributed by atoms with Gasteiger partial charge in [0.25, 0.3) is 0 Å². The zero-order valence-corrected chi connectivity index (χ0v) is 12.0. The maximum atomic E-state index is 12.6. The molecule has 1 aliphatic rings. The summed E-state index contributed by atoms with van der Waals surface area (Å²) in [5, 5.41) is 2.97. The van der Waals surface area contributed by atoms with Crippen molar-refractivity contribution in [3.63, 3.8) is 0 Å². The molecular formula is C17H16N4O. The molecule has 0 fully saturated rings. The van der Waals surface area contributed by atoms with E-state index in [2.05, 4.69) is 21.4 Å². The van der Waals surface area contributed by atoms with E-state index in [-0.39, 0.29) is 6.03 Å². The van der Waals surface area contributed by atoms with Gasteiger partial charge in [0, 0.05) is 17.9 Å². The zero-order chi connectivity index (χ0) is 14.9. The van der Waals surface area contributed by atoms with Gasteiger partial charge in [-0.3, -0.25) is 4.90 Å². The number of rotatable bonds is 1. The molecule has 2 heterocycles. The molecule has 0 atom stereocenters. The van der Waals surface area contributed by atoms with E-state index < -0.39 is 0 Å². The van der Waals surface area contributed by atoms with Crippen molar-refractivity contribution in [1.82, 2.24) is 9.97 Å². The van der Waals surface area contributed by atoms with Gasteiger partial charge in [-0.15, -0.1) is 0 Å². The molecule has 0 saturated carbocycles. The van der Waals surface area contributed by atoms with Crippen LogP contribution in [0.5, 0.6) is 0 Å². The van der Waals surface area contributed by atoms with Crippen molar-refractivity contribution in [3.05, 3.63) is 54.4 Å². The highest BCUT2D eigenvalue weighted by molar-refractivity contribution is 6.03. The van der Waals surface area contributed by atoms with Gasteiger partial charge in [-0.25, -0.2) is 9.78 Å². The van der Waals surface area contributed by atoms with Crippen LogP contribution in [0.1, 0.15) is 12.0 Å². The Balaban J connectivity index is 1.60. The molecule has 5 heteroatoms. The fourth-order valence-corrected chi connectivity index (χ4v) is 2.95. The number of imidazole rings is 1. The summed E-state index contributed by atoms with van der Waals surface area (Å²) in [6.07, 6.45) is 3.67. The van der Waals surface area contributed by atoms with Gasteiger partial charge in [0.2, 0.25) is 0 Å². The molecule has 0 bridgehead atoms. The molecule has 4 rings (SSSR count). The zero-order valence-electron chi connectivity index (χ0n) is 12.0. The van der Waals surface area contributed by atoms with Gasteiger partial charge >= 0.3 is 6.03 Å². The van der Waals surface area contributed by atoms with Crippen LogP contribution in [0.3, 0.4) is 0 Å². The Morgan fingerprint density at radius 2 is 2.14 bits per heavy atom. The van der Waals surface area contributed by atoms with Crippen LogP contribution in [0.4, 0.5) is 16.2 Å². The summed E-state index contributed by atoms with van der Waals surface area (Å²) < 4.78 is 0. The molecule has 1 aromatic heterocycles. The lowest BCUT2D eigenvalue weighted by molar-refractivity contribution is 0.256. The Labute approximate surface area is 128 Å². The molecule has 2 N–H and O–H groups in total. The summed E-state index contributed by atoms with van der Waals surface area (Å²) in [7, 11) is 0. The summed E-state index contributed by atoms with van der Waals surface area (Å²) in [5.74, 6) is 0. The number of H-pyrrole nitrogens is 1. The summed E-state index contributed by atoms with van der Waals surface area (Å²) in [5.41, 5.74) is 4.81. The quantitative estimate of drug-likeness (QED) is 0.720. The van der Waals surface area contributed by atoms with E-state index in [0.717, 1.165) is 41.8 Å². The molecule has 0 saturated heterocycles. The number of urea groups is 1. The Hall–Kier alpha value is -2.82. The fraction of sp³-hybridized carbons (Fsp3) is 0.176. The number of amides is 2. The number of nitrogens with zero attached hydrogens (tertiary/aromatic N) is 2. The van der Waals surface area contributed by atoms with Gasteiger partial charge in [-0.1, -0.05) is 18.2 Å². The SMILES string of the molecule is O=C(Nc1ccc2nc[nH]c2c1)N1CCCc2ccccc21. The van der Waals surface area contributed by atoms with Crippen molar-refractivity contribution in [2.75, 3.05) is 16.8 Å². The number of hydrogen-bond acceptors (Lipinski definition) is 2. The number of aromatic amines is 1. The summed E-state index contributed by atoms with van der Waals surface area (Å²) in [6.45, 7) is 0.745. The monoisotopic (exact) mass is 292 g/mol. The van der Waals surface area contributed by atoms with Gasteiger partial charge in [0.15, 0.2) is 0 Å². The standard InChI is InChI=1S/C17H16N4O/c22-17(20-13-7-8-14-15(10-13)19-11-18-14)21-9-3-5-12-4-1-2-6-16(12)21/h1-2,4,6-8,10-11H,3,5,9H2,(H,18,19)(H,20,22). The number of benzene rings is 2. The first-order chi connectivity index (χ1) is 10.8. The largest absolute Gasteiger partial charge is 0.345 e. The average molecular weight is 292 g/mol. The number of anilines is 2. The lowest BCUT2D eigenvalue weighted by Crippen LogP contribution is -2.38. The van der Waals surface area contributed by atoms with Crippen molar-refractivity contribution >= 4 is 28.4 Å². The molecular weight excluding hydrogens is 276 g/mol. The molecule has 0 aliphatic carbocycles. The van der Waals surface area contributed by atoms with E-state index in [0.29, 0.717) is 0 Å². The van der Waals surface area contributed by atoms with Crippen LogP contribution in [-0.4, -0.2) is 22.5 Å². The molecule has 1 aliphatic heterocycles. The maximum absolute atomic E-state index is 12.6. The Morgan fingerprint density at radius 3 is 3.09 bits per heavy atom. The Kier molecular flexibility index (Phi) is 3.04. The minimum atomic E-state index is -0.0917. The number of fused-ring (bicyclic) bond motifs is 2. The van der Waals surface area contributed by atoms with Crippen LogP contribution in [0.2, 0.25) is 0 Å². The number of nitrogens with one attached hydrogen (secondary N) is 2. The van der Waals surface area contributed by atoms with Crippen LogP contribution in [0.15, 0.2) is 48.8 Å². The Morgan fingerprint density at radius 1 is 1.23 bits per heavy atom. The predicted octanol–water partition coefficient (Wildman–Crippen LogP) is 3.55. The van der Waals surface area contributed by atoms with Crippen LogP contribution in [-0.2, 0) is 6.42 Å². The molecule has 2 aromatic carbocycles. The van der Waals surface area contributed by atoms with Crippen molar-refractivity contribution in [1.29, 1.82) is 0 Å². The molecule has 110 valence electrons. The minimum Gasteiger partial charge on any atom is -0.345 e. The van der Waals surface area contributed by atoms with Crippen LogP contribution in [0.25, 0.3) is 11.0 Å². The lowest BCUT2D eigenvalue weighted by atomic mass is 10.0. The van der Waals surface area contributed by atoms with Crippen LogP contribution >= 0.6 is 0 Å². The van der Waals surface area contributed by atoms with E-state index in [1.165, 1.54) is 5.56 Å². The van der Waals surface area contributed by atoms with E-state index >= 15 is 0 Å². The first kappa shape index (κ1) is 12.9. The number of carbonyl (C=O) groups excluding carboxylic acids is 1. The first-order valence-electron chi connectivity index (χ1n) is 7.41. The summed E-state index contributed by atoms with van der Waals surface area (Å²) in [4.78, 5) is 21.6. The van der Waals surface area contributed by atoms with E-state index in [4.69, 9.17) is 0 Å². The van der Waals surface area contributed by atoms with Gasteiger partial charge in [-0.05, 0) is 42.7 Å². The highest BCUT2D eigenvalue weighted by atomic mass is 16.2. The number of aromatic nitrogens is 2. The maximum Gasteiger partial charge on any atom is 0.326 e. The van der Waals surface area contributed by atoms with Crippen molar-refractivity contribution in [2.24, 2.45) is 0 Å².